The molecule has 2 aliphatic rings. The Balaban J connectivity index is 1.13. The maximum absolute atomic E-state index is 5.10. The molecule has 0 radical (unpaired) electrons. The smallest absolute Gasteiger partial charge is 0.164 e. The molecule has 10 aromatic rings. The van der Waals surface area contributed by atoms with Gasteiger partial charge in [-0.05, 0) is 57.6 Å². The lowest BCUT2D eigenvalue weighted by molar-refractivity contribution is 0.724. The molecular formula is C52H32N4S. The van der Waals surface area contributed by atoms with E-state index in [0.717, 1.165) is 27.9 Å². The molecular weight excluding hydrogens is 713 g/mol. The average molecular weight is 745 g/mol. The lowest BCUT2D eigenvalue weighted by atomic mass is 9.67. The third-order valence-electron chi connectivity index (χ3n) is 11.7. The molecule has 2 aromatic heterocycles. The summed E-state index contributed by atoms with van der Waals surface area (Å²) in [7, 11) is 0. The van der Waals surface area contributed by atoms with Crippen LogP contribution in [0.15, 0.2) is 204 Å². The van der Waals surface area contributed by atoms with Crippen LogP contribution in [0.5, 0.6) is 0 Å². The van der Waals surface area contributed by atoms with E-state index in [1.807, 2.05) is 48.2 Å². The lowest BCUT2D eigenvalue weighted by Gasteiger charge is -2.40. The molecule has 0 N–H and O–H groups in total. The van der Waals surface area contributed by atoms with Crippen LogP contribution in [0, 0.1) is 0 Å². The minimum Gasteiger partial charge on any atom is -0.308 e. The summed E-state index contributed by atoms with van der Waals surface area (Å²) < 4.78 is 2.46. The van der Waals surface area contributed by atoms with E-state index in [1.165, 1.54) is 59.5 Å². The summed E-state index contributed by atoms with van der Waals surface area (Å²) in [5, 5.41) is 2.45. The van der Waals surface area contributed by atoms with Gasteiger partial charge in [0.2, 0.25) is 0 Å². The van der Waals surface area contributed by atoms with Crippen molar-refractivity contribution >= 4 is 33.6 Å². The monoisotopic (exact) mass is 744 g/mol. The number of nitrogens with zero attached hydrogens (tertiary/aromatic N) is 4. The topological polar surface area (TPSA) is 43.6 Å². The van der Waals surface area contributed by atoms with Crippen LogP contribution in [0.2, 0.25) is 0 Å². The van der Waals surface area contributed by atoms with Crippen molar-refractivity contribution in [1.82, 2.24) is 19.5 Å². The van der Waals surface area contributed by atoms with E-state index >= 15 is 0 Å². The van der Waals surface area contributed by atoms with Gasteiger partial charge in [0, 0.05) is 42.9 Å². The molecule has 266 valence electrons. The predicted molar refractivity (Wildman–Crippen MR) is 232 cm³/mol. The van der Waals surface area contributed by atoms with E-state index in [-0.39, 0.29) is 0 Å². The van der Waals surface area contributed by atoms with Crippen LogP contribution in [0.25, 0.3) is 72.8 Å². The van der Waals surface area contributed by atoms with Crippen molar-refractivity contribution in [1.29, 1.82) is 0 Å². The number of aromatic nitrogens is 4. The van der Waals surface area contributed by atoms with Gasteiger partial charge in [-0.15, -0.1) is 0 Å². The summed E-state index contributed by atoms with van der Waals surface area (Å²) in [4.78, 5) is 17.7. The van der Waals surface area contributed by atoms with Crippen molar-refractivity contribution in [3.05, 3.63) is 216 Å². The summed E-state index contributed by atoms with van der Waals surface area (Å²) in [6.07, 6.45) is 0. The third kappa shape index (κ3) is 4.67. The minimum absolute atomic E-state index is 0.464. The molecule has 0 amide bonds. The maximum Gasteiger partial charge on any atom is 0.164 e. The van der Waals surface area contributed by atoms with Crippen molar-refractivity contribution in [2.45, 2.75) is 15.2 Å². The zero-order valence-electron chi connectivity index (χ0n) is 30.7. The molecule has 1 aliphatic heterocycles. The fraction of sp³-hybridized carbons (Fsp3) is 0.0192. The van der Waals surface area contributed by atoms with E-state index in [9.17, 15) is 0 Å². The summed E-state index contributed by atoms with van der Waals surface area (Å²) in [5.41, 5.74) is 13.7. The quantitative estimate of drug-likeness (QED) is 0.180. The van der Waals surface area contributed by atoms with Gasteiger partial charge in [0.25, 0.3) is 0 Å². The van der Waals surface area contributed by atoms with Crippen molar-refractivity contribution in [2.75, 3.05) is 0 Å². The lowest BCUT2D eigenvalue weighted by Crippen LogP contribution is -2.32. The molecule has 3 heterocycles. The summed E-state index contributed by atoms with van der Waals surface area (Å²) in [5.74, 6) is 1.93. The van der Waals surface area contributed by atoms with Gasteiger partial charge in [-0.25, -0.2) is 15.0 Å². The second-order valence-electron chi connectivity index (χ2n) is 14.7. The Hall–Kier alpha value is -7.08. The molecule has 8 aromatic carbocycles. The number of fused-ring (bicyclic) bond motifs is 13. The first-order valence-electron chi connectivity index (χ1n) is 19.3. The highest BCUT2D eigenvalue weighted by atomic mass is 32.2. The van der Waals surface area contributed by atoms with E-state index in [1.54, 1.807) is 0 Å². The Morgan fingerprint density at radius 1 is 0.404 bits per heavy atom. The Labute approximate surface area is 334 Å². The molecule has 1 spiro atoms. The van der Waals surface area contributed by atoms with Gasteiger partial charge >= 0.3 is 0 Å². The largest absolute Gasteiger partial charge is 0.308 e. The first kappa shape index (κ1) is 32.2. The first-order valence-corrected chi connectivity index (χ1v) is 20.1. The van der Waals surface area contributed by atoms with Gasteiger partial charge in [0.1, 0.15) is 0 Å². The highest BCUT2D eigenvalue weighted by Crippen LogP contribution is 2.63. The van der Waals surface area contributed by atoms with Crippen LogP contribution >= 0.6 is 11.8 Å². The van der Waals surface area contributed by atoms with Crippen LogP contribution in [-0.2, 0) is 5.41 Å². The molecule has 57 heavy (non-hydrogen) atoms. The van der Waals surface area contributed by atoms with Gasteiger partial charge in [-0.3, -0.25) is 0 Å². The Bertz CT molecular complexity index is 3120. The van der Waals surface area contributed by atoms with Crippen molar-refractivity contribution in [3.63, 3.8) is 0 Å². The fourth-order valence-electron chi connectivity index (χ4n) is 9.35. The van der Waals surface area contributed by atoms with E-state index in [4.69, 9.17) is 15.0 Å². The Morgan fingerprint density at radius 3 is 1.63 bits per heavy atom. The van der Waals surface area contributed by atoms with Crippen LogP contribution in [0.1, 0.15) is 22.3 Å². The van der Waals surface area contributed by atoms with Crippen LogP contribution in [-0.4, -0.2) is 19.5 Å². The Morgan fingerprint density at radius 2 is 0.947 bits per heavy atom. The second-order valence-corrected chi connectivity index (χ2v) is 15.8. The van der Waals surface area contributed by atoms with E-state index in [0.29, 0.717) is 17.5 Å². The van der Waals surface area contributed by atoms with Gasteiger partial charge in [0.15, 0.2) is 17.5 Å². The standard InChI is InChI=1S/C52H32N4S/c1-3-16-33(17-4-1)49-53-50(34-18-5-2-6-19-34)55-51(54-49)35-20-15-21-36(32-35)56-45-28-13-9-24-39(45)40-30-31-44-48(47(40)56)57-46-29-14-12-27-43(46)52(44)41-25-10-7-22-37(41)38-23-8-11-26-42(38)52/h1-32H. The van der Waals surface area contributed by atoms with E-state index in [2.05, 4.69) is 162 Å². The van der Waals surface area contributed by atoms with E-state index < -0.39 is 5.41 Å². The number of para-hydroxylation sites is 1. The third-order valence-corrected chi connectivity index (χ3v) is 12.9. The molecule has 1 aliphatic carbocycles. The number of hydrogen-bond donors (Lipinski definition) is 0. The van der Waals surface area contributed by atoms with Crippen molar-refractivity contribution < 1.29 is 0 Å². The molecule has 0 bridgehead atoms. The van der Waals surface area contributed by atoms with Gasteiger partial charge in [0.05, 0.1) is 16.4 Å². The van der Waals surface area contributed by atoms with Crippen LogP contribution in [0.4, 0.5) is 0 Å². The first-order chi connectivity index (χ1) is 28.3. The predicted octanol–water partition coefficient (Wildman–Crippen LogP) is 12.8. The molecule has 0 fully saturated rings. The number of hydrogen-bond acceptors (Lipinski definition) is 4. The van der Waals surface area contributed by atoms with Gasteiger partial charge < -0.3 is 4.57 Å². The fourth-order valence-corrected chi connectivity index (χ4v) is 10.7. The van der Waals surface area contributed by atoms with Crippen molar-refractivity contribution in [3.8, 4) is 51.0 Å². The van der Waals surface area contributed by atoms with Gasteiger partial charge in [-0.2, -0.15) is 0 Å². The van der Waals surface area contributed by atoms with Gasteiger partial charge in [-0.1, -0.05) is 182 Å². The summed E-state index contributed by atoms with van der Waals surface area (Å²) >= 11 is 1.89. The molecule has 5 heteroatoms. The molecule has 0 atom stereocenters. The molecule has 0 saturated carbocycles. The molecule has 12 rings (SSSR count). The Kier molecular flexibility index (Phi) is 7.04. The normalized spacial score (nSPS) is 13.3. The zero-order valence-corrected chi connectivity index (χ0v) is 31.5. The SMILES string of the molecule is c1ccc(-c2nc(-c3ccccc3)nc(-c3cccc(-n4c5ccccc5c5ccc6c(c54)Sc4ccccc4C64c5ccccc5-c5ccccc54)c3)n2)cc1. The van der Waals surface area contributed by atoms with Crippen LogP contribution in [0.3, 0.4) is 0 Å². The second kappa shape index (κ2) is 12.5. The molecule has 0 saturated heterocycles. The average Bonchev–Trinajstić information content (AvgIpc) is 3.78. The molecule has 0 unspecified atom stereocenters. The highest BCUT2D eigenvalue weighted by molar-refractivity contribution is 7.99. The zero-order chi connectivity index (χ0) is 37.5. The molecule has 4 nitrogen and oxygen atoms in total. The van der Waals surface area contributed by atoms with Crippen molar-refractivity contribution in [2.24, 2.45) is 0 Å². The minimum atomic E-state index is -0.464. The maximum atomic E-state index is 5.10. The van der Waals surface area contributed by atoms with Crippen LogP contribution < -0.4 is 0 Å². The number of benzene rings is 8. The highest BCUT2D eigenvalue weighted by Gasteiger charge is 2.50. The summed E-state index contributed by atoms with van der Waals surface area (Å²) in [6.45, 7) is 0. The summed E-state index contributed by atoms with van der Waals surface area (Å²) in [6, 6.07) is 69.6. The number of rotatable bonds is 4.